The largest absolute Gasteiger partial charge is 0.481 e. The molecule has 0 saturated carbocycles. The summed E-state index contributed by atoms with van der Waals surface area (Å²) in [6, 6.07) is 5.58. The van der Waals surface area contributed by atoms with E-state index in [1.165, 1.54) is 44.7 Å². The van der Waals surface area contributed by atoms with Gasteiger partial charge in [0.2, 0.25) is 0 Å². The maximum atomic E-state index is 13.1. The minimum Gasteiger partial charge on any atom is -0.481 e. The summed E-state index contributed by atoms with van der Waals surface area (Å²) in [6.07, 6.45) is 1.09. The fourth-order valence-corrected chi connectivity index (χ4v) is 5.08. The van der Waals surface area contributed by atoms with Gasteiger partial charge in [-0.05, 0) is 50.2 Å². The quantitative estimate of drug-likeness (QED) is 0.505. The molecule has 174 valence electrons. The number of hydrogen-bond donors (Lipinski definition) is 1. The number of hydrogen-bond acceptors (Lipinski definition) is 6. The maximum Gasteiger partial charge on any atom is 0.331 e. The standard InChI is InChI=1S/C23H24FN3O5S/c24-17-3-1-15(2-4-17)21(30)16-5-8-25(9-6-16)11-12-27-22(31)18-13-33-14-19(18)26(23(27)32)10-7-20(28)29/h1-4,13-14,16H,5-12H2,(H,28,29). The van der Waals surface area contributed by atoms with E-state index in [0.717, 1.165) is 0 Å². The number of aliphatic carboxylic acids is 1. The number of aromatic nitrogens is 2. The van der Waals surface area contributed by atoms with Gasteiger partial charge in [0, 0.05) is 41.9 Å². The molecule has 1 N–H and O–H groups in total. The third-order valence-electron chi connectivity index (χ3n) is 6.15. The second-order valence-electron chi connectivity index (χ2n) is 8.19. The van der Waals surface area contributed by atoms with Crippen LogP contribution in [0.25, 0.3) is 10.9 Å². The van der Waals surface area contributed by atoms with Crippen LogP contribution in [0.2, 0.25) is 0 Å². The number of carboxylic acids is 1. The number of ketones is 1. The van der Waals surface area contributed by atoms with Crippen LogP contribution in [-0.2, 0) is 17.9 Å². The van der Waals surface area contributed by atoms with E-state index in [2.05, 4.69) is 4.90 Å². The summed E-state index contributed by atoms with van der Waals surface area (Å²) < 4.78 is 15.6. The highest BCUT2D eigenvalue weighted by molar-refractivity contribution is 7.09. The van der Waals surface area contributed by atoms with Crippen molar-refractivity contribution in [2.45, 2.75) is 32.4 Å². The van der Waals surface area contributed by atoms with E-state index in [-0.39, 0.29) is 42.6 Å². The number of benzene rings is 1. The second kappa shape index (κ2) is 9.80. The molecule has 4 rings (SSSR count). The Bertz CT molecular complexity index is 1290. The summed E-state index contributed by atoms with van der Waals surface area (Å²) >= 11 is 1.30. The predicted octanol–water partition coefficient (Wildman–Crippen LogP) is 2.43. The highest BCUT2D eigenvalue weighted by atomic mass is 32.1. The molecular weight excluding hydrogens is 449 g/mol. The topological polar surface area (TPSA) is 102 Å². The first-order valence-corrected chi connectivity index (χ1v) is 11.7. The summed E-state index contributed by atoms with van der Waals surface area (Å²) in [5.74, 6) is -1.51. The van der Waals surface area contributed by atoms with Crippen LogP contribution in [0.15, 0.2) is 44.6 Å². The average Bonchev–Trinajstić information content (AvgIpc) is 3.29. The number of halogens is 1. The van der Waals surface area contributed by atoms with Crippen molar-refractivity contribution >= 4 is 34.0 Å². The van der Waals surface area contributed by atoms with Gasteiger partial charge in [-0.2, -0.15) is 0 Å². The van der Waals surface area contributed by atoms with E-state index < -0.39 is 11.7 Å². The number of carbonyl (C=O) groups is 2. The lowest BCUT2D eigenvalue weighted by Crippen LogP contribution is -2.44. The van der Waals surface area contributed by atoms with Crippen LogP contribution in [0.5, 0.6) is 0 Å². The summed E-state index contributed by atoms with van der Waals surface area (Å²) in [6.45, 7) is 1.97. The van der Waals surface area contributed by atoms with E-state index in [1.54, 1.807) is 10.8 Å². The predicted molar refractivity (Wildman–Crippen MR) is 122 cm³/mol. The molecular formula is C23H24FN3O5S. The molecule has 0 bridgehead atoms. The number of likely N-dealkylation sites (tertiary alicyclic amines) is 1. The van der Waals surface area contributed by atoms with Crippen molar-refractivity contribution in [3.63, 3.8) is 0 Å². The molecule has 0 amide bonds. The number of aryl methyl sites for hydroxylation is 1. The van der Waals surface area contributed by atoms with E-state index in [1.807, 2.05) is 0 Å². The van der Waals surface area contributed by atoms with Gasteiger partial charge in [-0.1, -0.05) is 0 Å². The first-order chi connectivity index (χ1) is 15.8. The molecule has 1 aliphatic rings. The fraction of sp³-hybridized carbons (Fsp3) is 0.391. The highest BCUT2D eigenvalue weighted by Gasteiger charge is 2.26. The van der Waals surface area contributed by atoms with Crippen molar-refractivity contribution in [3.8, 4) is 0 Å². The number of nitrogens with zero attached hydrogens (tertiary/aromatic N) is 3. The minimum absolute atomic E-state index is 0.00142. The molecule has 10 heteroatoms. The first-order valence-electron chi connectivity index (χ1n) is 10.8. The van der Waals surface area contributed by atoms with Crippen molar-refractivity contribution in [2.24, 2.45) is 5.92 Å². The van der Waals surface area contributed by atoms with Crippen LogP contribution in [0.4, 0.5) is 4.39 Å². The molecule has 2 aromatic heterocycles. The number of carboxylic acid groups (broad SMARTS) is 1. The molecule has 0 spiro atoms. The molecule has 3 aromatic rings. The minimum atomic E-state index is -1.01. The van der Waals surface area contributed by atoms with Crippen LogP contribution >= 0.6 is 11.3 Å². The van der Waals surface area contributed by atoms with Gasteiger partial charge in [0.15, 0.2) is 5.78 Å². The van der Waals surface area contributed by atoms with Crippen LogP contribution < -0.4 is 11.2 Å². The number of fused-ring (bicyclic) bond motifs is 1. The van der Waals surface area contributed by atoms with Crippen molar-refractivity contribution in [3.05, 3.63) is 67.2 Å². The lowest BCUT2D eigenvalue weighted by Gasteiger charge is -2.31. The number of thiophene rings is 1. The van der Waals surface area contributed by atoms with Crippen molar-refractivity contribution in [1.82, 2.24) is 14.0 Å². The zero-order chi connectivity index (χ0) is 23.5. The number of carbonyl (C=O) groups excluding carboxylic acids is 1. The van der Waals surface area contributed by atoms with E-state index in [9.17, 15) is 23.6 Å². The Balaban J connectivity index is 1.42. The normalized spacial score (nSPS) is 15.2. The molecule has 0 radical (unpaired) electrons. The van der Waals surface area contributed by atoms with E-state index >= 15 is 0 Å². The summed E-state index contributed by atoms with van der Waals surface area (Å²) in [5, 5.41) is 12.8. The third-order valence-corrected chi connectivity index (χ3v) is 6.88. The maximum absolute atomic E-state index is 13.1. The van der Waals surface area contributed by atoms with Gasteiger partial charge in [-0.25, -0.2) is 9.18 Å². The lowest BCUT2D eigenvalue weighted by atomic mass is 9.89. The SMILES string of the molecule is O=C(O)CCn1c(=O)n(CCN2CCC(C(=O)c3ccc(F)cc3)CC2)c(=O)c2cscc21. The van der Waals surface area contributed by atoms with Gasteiger partial charge in [0.1, 0.15) is 5.82 Å². The molecule has 1 saturated heterocycles. The van der Waals surface area contributed by atoms with Crippen molar-refractivity contribution in [1.29, 1.82) is 0 Å². The third kappa shape index (κ3) is 4.96. The molecule has 1 aliphatic heterocycles. The molecule has 33 heavy (non-hydrogen) atoms. The van der Waals surface area contributed by atoms with E-state index in [4.69, 9.17) is 5.11 Å². The Hall–Kier alpha value is -3.11. The van der Waals surface area contributed by atoms with Crippen LogP contribution in [0.3, 0.4) is 0 Å². The molecule has 1 fully saturated rings. The van der Waals surface area contributed by atoms with Gasteiger partial charge in [-0.15, -0.1) is 11.3 Å². The monoisotopic (exact) mass is 473 g/mol. The smallest absolute Gasteiger partial charge is 0.331 e. The van der Waals surface area contributed by atoms with Gasteiger partial charge in [0.05, 0.1) is 17.3 Å². The first kappa shape index (κ1) is 23.1. The molecule has 3 heterocycles. The number of Topliss-reactive ketones (excluding diaryl/α,β-unsaturated/α-hetero) is 1. The Morgan fingerprint density at radius 2 is 1.70 bits per heavy atom. The molecule has 0 unspecified atom stereocenters. The lowest BCUT2D eigenvalue weighted by molar-refractivity contribution is -0.137. The Morgan fingerprint density at radius 3 is 2.36 bits per heavy atom. The number of piperidine rings is 1. The summed E-state index contributed by atoms with van der Waals surface area (Å²) in [4.78, 5) is 51.6. The fourth-order valence-electron chi connectivity index (χ4n) is 4.27. The average molecular weight is 474 g/mol. The molecule has 1 aromatic carbocycles. The Kier molecular flexibility index (Phi) is 6.85. The van der Waals surface area contributed by atoms with Gasteiger partial charge >= 0.3 is 11.7 Å². The Labute approximate surface area is 192 Å². The molecule has 8 nitrogen and oxygen atoms in total. The number of rotatable bonds is 8. The van der Waals surface area contributed by atoms with E-state index in [0.29, 0.717) is 48.9 Å². The Morgan fingerprint density at radius 1 is 1.00 bits per heavy atom. The highest BCUT2D eigenvalue weighted by Crippen LogP contribution is 2.22. The van der Waals surface area contributed by atoms with Gasteiger partial charge < -0.3 is 10.0 Å². The van der Waals surface area contributed by atoms with Crippen LogP contribution in [0, 0.1) is 11.7 Å². The zero-order valence-corrected chi connectivity index (χ0v) is 18.7. The molecule has 0 atom stereocenters. The van der Waals surface area contributed by atoms with Gasteiger partial charge in [0.25, 0.3) is 5.56 Å². The van der Waals surface area contributed by atoms with Crippen LogP contribution in [0.1, 0.15) is 29.6 Å². The van der Waals surface area contributed by atoms with Gasteiger partial charge in [-0.3, -0.25) is 23.5 Å². The van der Waals surface area contributed by atoms with Crippen molar-refractivity contribution in [2.75, 3.05) is 19.6 Å². The summed E-state index contributed by atoms with van der Waals surface area (Å²) in [5.41, 5.74) is 0.0951. The zero-order valence-electron chi connectivity index (χ0n) is 17.9. The summed E-state index contributed by atoms with van der Waals surface area (Å²) in [7, 11) is 0. The second-order valence-corrected chi connectivity index (χ2v) is 8.94. The van der Waals surface area contributed by atoms with Crippen LogP contribution in [-0.4, -0.2) is 50.5 Å². The van der Waals surface area contributed by atoms with Crippen molar-refractivity contribution < 1.29 is 19.1 Å². The molecule has 0 aliphatic carbocycles.